The van der Waals surface area contributed by atoms with Crippen LogP contribution in [0, 0.1) is 5.92 Å². The number of fused-ring (bicyclic) bond motifs is 1. The van der Waals surface area contributed by atoms with Gasteiger partial charge in [0, 0.05) is 0 Å². The highest BCUT2D eigenvalue weighted by Crippen LogP contribution is 2.36. The van der Waals surface area contributed by atoms with Crippen molar-refractivity contribution in [3.8, 4) is 0 Å². The summed E-state index contributed by atoms with van der Waals surface area (Å²) in [6.45, 7) is 4.67. The van der Waals surface area contributed by atoms with E-state index in [1.165, 1.54) is 67.7 Å². The van der Waals surface area contributed by atoms with Gasteiger partial charge in [0.1, 0.15) is 0 Å². The monoisotopic (exact) mass is 294 g/mol. The molecule has 2 aromatic carbocycles. The average Bonchev–Trinajstić information content (AvgIpc) is 2.55. The molecule has 0 radical (unpaired) electrons. The van der Waals surface area contributed by atoms with Gasteiger partial charge in [0.25, 0.3) is 0 Å². The normalized spacial score (nSPS) is 22.1. The maximum atomic E-state index is 2.45. The Morgan fingerprint density at radius 1 is 0.864 bits per heavy atom. The summed E-state index contributed by atoms with van der Waals surface area (Å²) in [5, 5.41) is 2.84. The van der Waals surface area contributed by atoms with Gasteiger partial charge in [0.05, 0.1) is 0 Å². The van der Waals surface area contributed by atoms with Gasteiger partial charge in [0.2, 0.25) is 0 Å². The molecule has 0 atom stereocenters. The predicted molar refractivity (Wildman–Crippen MR) is 97.6 cm³/mol. The van der Waals surface area contributed by atoms with E-state index in [4.69, 9.17) is 0 Å². The zero-order valence-corrected chi connectivity index (χ0v) is 14.3. The zero-order valence-electron chi connectivity index (χ0n) is 14.3. The summed E-state index contributed by atoms with van der Waals surface area (Å²) in [5.74, 6) is 1.73. The van der Waals surface area contributed by atoms with Crippen molar-refractivity contribution in [2.75, 3.05) is 0 Å². The first kappa shape index (κ1) is 15.6. The molecule has 0 heterocycles. The first-order valence-corrected chi connectivity index (χ1v) is 9.29. The van der Waals surface area contributed by atoms with Gasteiger partial charge in [-0.15, -0.1) is 0 Å². The summed E-state index contributed by atoms with van der Waals surface area (Å²) in [6.07, 6.45) is 10.8. The highest BCUT2D eigenvalue weighted by molar-refractivity contribution is 5.84. The van der Waals surface area contributed by atoms with E-state index in [2.05, 4.69) is 50.2 Å². The molecule has 1 aliphatic rings. The Morgan fingerprint density at radius 3 is 2.36 bits per heavy atom. The van der Waals surface area contributed by atoms with Crippen LogP contribution < -0.4 is 0 Å². The van der Waals surface area contributed by atoms with Crippen LogP contribution in [0.1, 0.15) is 75.8 Å². The molecule has 0 saturated heterocycles. The number of hydrogen-bond donors (Lipinski definition) is 0. The van der Waals surface area contributed by atoms with Crippen LogP contribution in [-0.4, -0.2) is 0 Å². The van der Waals surface area contributed by atoms with Crippen molar-refractivity contribution in [3.05, 3.63) is 47.5 Å². The highest BCUT2D eigenvalue weighted by Gasteiger charge is 2.19. The van der Waals surface area contributed by atoms with Gasteiger partial charge in [-0.05, 0) is 59.4 Å². The third-order valence-corrected chi connectivity index (χ3v) is 5.48. The van der Waals surface area contributed by atoms with E-state index in [0.717, 1.165) is 11.8 Å². The first-order chi connectivity index (χ1) is 10.8. The standard InChI is InChI=1S/C22H30/c1-3-4-5-6-18-9-12-22-16-21(14-13-20(22)15-18)19-10-7-17(2)8-11-19/h9,12-17,19H,3-8,10-11H2,1-2H3/t17-,19-. The molecule has 0 bridgehead atoms. The molecule has 0 aromatic heterocycles. The lowest BCUT2D eigenvalue weighted by atomic mass is 9.79. The van der Waals surface area contributed by atoms with E-state index >= 15 is 0 Å². The highest BCUT2D eigenvalue weighted by atomic mass is 14.2. The largest absolute Gasteiger partial charge is 0.0654 e. The molecule has 1 saturated carbocycles. The van der Waals surface area contributed by atoms with Gasteiger partial charge in [0.15, 0.2) is 0 Å². The van der Waals surface area contributed by atoms with Crippen LogP contribution in [0.2, 0.25) is 0 Å². The maximum Gasteiger partial charge on any atom is -0.0162 e. The SMILES string of the molecule is CCCCCc1ccc2cc([C@H]3CC[C@H](C)CC3)ccc2c1. The lowest BCUT2D eigenvalue weighted by molar-refractivity contribution is 0.348. The fourth-order valence-corrected chi connectivity index (χ4v) is 3.90. The smallest absolute Gasteiger partial charge is 0.0162 e. The molecule has 118 valence electrons. The van der Waals surface area contributed by atoms with E-state index in [1.54, 1.807) is 5.56 Å². The molecule has 1 aliphatic carbocycles. The van der Waals surface area contributed by atoms with Crippen LogP contribution in [0.5, 0.6) is 0 Å². The predicted octanol–water partition coefficient (Wildman–Crippen LogP) is 6.87. The van der Waals surface area contributed by atoms with E-state index in [-0.39, 0.29) is 0 Å². The van der Waals surface area contributed by atoms with Gasteiger partial charge in [-0.3, -0.25) is 0 Å². The van der Waals surface area contributed by atoms with Crippen molar-refractivity contribution < 1.29 is 0 Å². The Labute approximate surface area is 135 Å². The third-order valence-electron chi connectivity index (χ3n) is 5.48. The Balaban J connectivity index is 1.74. The Kier molecular flexibility index (Phi) is 5.18. The minimum Gasteiger partial charge on any atom is -0.0654 e. The van der Waals surface area contributed by atoms with Crippen molar-refractivity contribution in [2.24, 2.45) is 5.92 Å². The molecule has 22 heavy (non-hydrogen) atoms. The fraction of sp³-hybridized carbons (Fsp3) is 0.545. The third kappa shape index (κ3) is 3.72. The second kappa shape index (κ2) is 7.31. The van der Waals surface area contributed by atoms with Crippen molar-refractivity contribution in [2.45, 2.75) is 71.1 Å². The lowest BCUT2D eigenvalue weighted by Gasteiger charge is -2.26. The van der Waals surface area contributed by atoms with Crippen LogP contribution in [0.25, 0.3) is 10.8 Å². The molecule has 0 heteroatoms. The first-order valence-electron chi connectivity index (χ1n) is 9.29. The molecule has 2 aromatic rings. The van der Waals surface area contributed by atoms with E-state index in [0.29, 0.717) is 0 Å². The van der Waals surface area contributed by atoms with Gasteiger partial charge in [-0.2, -0.15) is 0 Å². The minimum absolute atomic E-state index is 0.796. The molecule has 0 amide bonds. The number of unbranched alkanes of at least 4 members (excludes halogenated alkanes) is 2. The minimum atomic E-state index is 0.796. The molecule has 1 fully saturated rings. The van der Waals surface area contributed by atoms with Crippen molar-refractivity contribution in [1.29, 1.82) is 0 Å². The molecule has 0 unspecified atom stereocenters. The maximum absolute atomic E-state index is 2.45. The van der Waals surface area contributed by atoms with Gasteiger partial charge in [-0.25, -0.2) is 0 Å². The van der Waals surface area contributed by atoms with Crippen LogP contribution in [0.4, 0.5) is 0 Å². The molecule has 0 nitrogen and oxygen atoms in total. The topological polar surface area (TPSA) is 0 Å². The van der Waals surface area contributed by atoms with Crippen LogP contribution in [-0.2, 0) is 6.42 Å². The summed E-state index contributed by atoms with van der Waals surface area (Å²) in [7, 11) is 0. The fourth-order valence-electron chi connectivity index (χ4n) is 3.90. The van der Waals surface area contributed by atoms with Crippen LogP contribution in [0.3, 0.4) is 0 Å². The van der Waals surface area contributed by atoms with Crippen molar-refractivity contribution in [3.63, 3.8) is 0 Å². The van der Waals surface area contributed by atoms with Gasteiger partial charge >= 0.3 is 0 Å². The van der Waals surface area contributed by atoms with E-state index in [9.17, 15) is 0 Å². The number of aryl methyl sites for hydroxylation is 1. The summed E-state index contributed by atoms with van der Waals surface area (Å²) in [4.78, 5) is 0. The summed E-state index contributed by atoms with van der Waals surface area (Å²) in [5.41, 5.74) is 3.07. The zero-order chi connectivity index (χ0) is 15.4. The second-order valence-corrected chi connectivity index (χ2v) is 7.35. The molecule has 0 aliphatic heterocycles. The Morgan fingerprint density at radius 2 is 1.59 bits per heavy atom. The van der Waals surface area contributed by atoms with Gasteiger partial charge < -0.3 is 0 Å². The van der Waals surface area contributed by atoms with E-state index in [1.807, 2.05) is 0 Å². The average molecular weight is 294 g/mol. The molecule has 0 N–H and O–H groups in total. The summed E-state index contributed by atoms with van der Waals surface area (Å²) in [6, 6.07) is 14.3. The van der Waals surface area contributed by atoms with Crippen LogP contribution >= 0.6 is 0 Å². The molecule has 3 rings (SSSR count). The lowest BCUT2D eigenvalue weighted by Crippen LogP contribution is -2.10. The Bertz CT molecular complexity index is 602. The second-order valence-electron chi connectivity index (χ2n) is 7.35. The Hall–Kier alpha value is -1.30. The number of hydrogen-bond acceptors (Lipinski definition) is 0. The summed E-state index contributed by atoms with van der Waals surface area (Å²) >= 11 is 0. The summed E-state index contributed by atoms with van der Waals surface area (Å²) < 4.78 is 0. The van der Waals surface area contributed by atoms with Crippen LogP contribution in [0.15, 0.2) is 36.4 Å². The molecule has 0 spiro atoms. The van der Waals surface area contributed by atoms with E-state index < -0.39 is 0 Å². The molecular weight excluding hydrogens is 264 g/mol. The van der Waals surface area contributed by atoms with Crippen molar-refractivity contribution >= 4 is 10.8 Å². The quantitative estimate of drug-likeness (QED) is 0.528. The van der Waals surface area contributed by atoms with Gasteiger partial charge in [-0.1, -0.05) is 75.9 Å². The number of benzene rings is 2. The molecular formula is C22H30. The van der Waals surface area contributed by atoms with Crippen molar-refractivity contribution in [1.82, 2.24) is 0 Å². The number of rotatable bonds is 5.